The molecule has 4 heteroatoms. The van der Waals surface area contributed by atoms with Crippen LogP contribution in [0.1, 0.15) is 23.5 Å². The fourth-order valence-electron chi connectivity index (χ4n) is 3.17. The first-order chi connectivity index (χ1) is 10.2. The summed E-state index contributed by atoms with van der Waals surface area (Å²) in [6.07, 6.45) is 2.33. The molecule has 1 aromatic heterocycles. The van der Waals surface area contributed by atoms with Gasteiger partial charge in [-0.1, -0.05) is 42.5 Å². The molecule has 0 radical (unpaired) electrons. The van der Waals surface area contributed by atoms with Gasteiger partial charge in [-0.2, -0.15) is 5.10 Å². The molecule has 4 nitrogen and oxygen atoms in total. The minimum Gasteiger partial charge on any atom is -0.311 e. The van der Waals surface area contributed by atoms with Crippen LogP contribution < -0.4 is 5.32 Å². The van der Waals surface area contributed by atoms with Crippen LogP contribution in [-0.4, -0.2) is 15.7 Å². The molecule has 104 valence electrons. The largest absolute Gasteiger partial charge is 0.311 e. The summed E-state index contributed by atoms with van der Waals surface area (Å²) in [5, 5.41) is 9.61. The van der Waals surface area contributed by atoms with Gasteiger partial charge in [0.1, 0.15) is 5.82 Å². The lowest BCUT2D eigenvalue weighted by Crippen LogP contribution is -2.24. The quantitative estimate of drug-likeness (QED) is 0.743. The molecule has 0 saturated carbocycles. The standard InChI is InChI=1S/C17H15N3O/c1-20-17-15(10-18-20)14(9-16(21)19-17)13-8-4-6-11-5-2-3-7-12(11)13/h2-8,10,14H,9H2,1H3,(H,19,21). The van der Waals surface area contributed by atoms with Gasteiger partial charge in [-0.15, -0.1) is 0 Å². The Bertz CT molecular complexity index is 845. The first kappa shape index (κ1) is 12.1. The van der Waals surface area contributed by atoms with Crippen molar-refractivity contribution in [2.24, 2.45) is 7.05 Å². The van der Waals surface area contributed by atoms with Crippen LogP contribution in [-0.2, 0) is 11.8 Å². The van der Waals surface area contributed by atoms with Crippen LogP contribution in [0.25, 0.3) is 10.8 Å². The molecule has 2 heterocycles. The zero-order valence-corrected chi connectivity index (χ0v) is 11.7. The number of anilines is 1. The van der Waals surface area contributed by atoms with Crippen molar-refractivity contribution in [2.45, 2.75) is 12.3 Å². The number of rotatable bonds is 1. The normalized spacial score (nSPS) is 17.6. The van der Waals surface area contributed by atoms with Crippen LogP contribution in [0.5, 0.6) is 0 Å². The van der Waals surface area contributed by atoms with Crippen LogP contribution in [0.2, 0.25) is 0 Å². The number of carbonyl (C=O) groups is 1. The zero-order chi connectivity index (χ0) is 14.4. The van der Waals surface area contributed by atoms with Gasteiger partial charge in [0.25, 0.3) is 0 Å². The van der Waals surface area contributed by atoms with Gasteiger partial charge in [0.15, 0.2) is 0 Å². The van der Waals surface area contributed by atoms with E-state index >= 15 is 0 Å². The molecule has 1 aliphatic heterocycles. The molecule has 0 aliphatic carbocycles. The molecule has 1 unspecified atom stereocenters. The number of aromatic nitrogens is 2. The van der Waals surface area contributed by atoms with Crippen molar-refractivity contribution >= 4 is 22.5 Å². The molecule has 0 spiro atoms. The number of nitrogens with one attached hydrogen (secondary N) is 1. The van der Waals surface area contributed by atoms with E-state index in [1.165, 1.54) is 16.3 Å². The summed E-state index contributed by atoms with van der Waals surface area (Å²) in [4.78, 5) is 12.0. The van der Waals surface area contributed by atoms with E-state index in [0.29, 0.717) is 6.42 Å². The van der Waals surface area contributed by atoms with Gasteiger partial charge in [0.05, 0.1) is 6.20 Å². The van der Waals surface area contributed by atoms with Gasteiger partial charge in [0, 0.05) is 24.9 Å². The molecule has 2 aromatic carbocycles. The Hall–Kier alpha value is -2.62. The van der Waals surface area contributed by atoms with Gasteiger partial charge in [-0.05, 0) is 16.3 Å². The molecule has 0 fully saturated rings. The Morgan fingerprint density at radius 1 is 1.14 bits per heavy atom. The second kappa shape index (κ2) is 4.45. The molecular formula is C17H15N3O. The number of fused-ring (bicyclic) bond motifs is 2. The Morgan fingerprint density at radius 2 is 1.95 bits per heavy atom. The number of hydrogen-bond donors (Lipinski definition) is 1. The highest BCUT2D eigenvalue weighted by Gasteiger charge is 2.30. The lowest BCUT2D eigenvalue weighted by molar-refractivity contribution is -0.116. The Labute approximate surface area is 122 Å². The van der Waals surface area contributed by atoms with E-state index in [1.807, 2.05) is 25.4 Å². The van der Waals surface area contributed by atoms with Crippen LogP contribution in [0, 0.1) is 0 Å². The van der Waals surface area contributed by atoms with E-state index in [9.17, 15) is 4.79 Å². The highest BCUT2D eigenvalue weighted by atomic mass is 16.1. The Morgan fingerprint density at radius 3 is 2.86 bits per heavy atom. The number of amides is 1. The minimum atomic E-state index is 0.0454. The van der Waals surface area contributed by atoms with E-state index in [0.717, 1.165) is 11.4 Å². The SMILES string of the molecule is Cn1ncc2c1NC(=O)CC2c1cccc2ccccc12. The average molecular weight is 277 g/mol. The highest BCUT2D eigenvalue weighted by Crippen LogP contribution is 2.39. The highest BCUT2D eigenvalue weighted by molar-refractivity contribution is 5.96. The van der Waals surface area contributed by atoms with Crippen molar-refractivity contribution in [1.29, 1.82) is 0 Å². The van der Waals surface area contributed by atoms with Crippen molar-refractivity contribution in [3.8, 4) is 0 Å². The second-order valence-corrected chi connectivity index (χ2v) is 5.45. The van der Waals surface area contributed by atoms with E-state index in [4.69, 9.17) is 0 Å². The zero-order valence-electron chi connectivity index (χ0n) is 11.7. The van der Waals surface area contributed by atoms with Gasteiger partial charge >= 0.3 is 0 Å². The lowest BCUT2D eigenvalue weighted by atomic mass is 9.84. The predicted octanol–water partition coefficient (Wildman–Crippen LogP) is 3.05. The first-order valence-corrected chi connectivity index (χ1v) is 7.03. The smallest absolute Gasteiger partial charge is 0.226 e. The summed E-state index contributed by atoms with van der Waals surface area (Å²) in [5.41, 5.74) is 2.28. The monoisotopic (exact) mass is 277 g/mol. The molecule has 1 atom stereocenters. The molecular weight excluding hydrogens is 262 g/mol. The van der Waals surface area contributed by atoms with E-state index in [2.05, 4.69) is 40.7 Å². The molecule has 0 saturated heterocycles. The van der Waals surface area contributed by atoms with Crippen molar-refractivity contribution in [3.63, 3.8) is 0 Å². The molecule has 1 N–H and O–H groups in total. The first-order valence-electron chi connectivity index (χ1n) is 7.03. The van der Waals surface area contributed by atoms with Crippen molar-refractivity contribution in [2.75, 3.05) is 5.32 Å². The van der Waals surface area contributed by atoms with Gasteiger partial charge in [-0.3, -0.25) is 9.48 Å². The number of carbonyl (C=O) groups excluding carboxylic acids is 1. The van der Waals surface area contributed by atoms with E-state index < -0.39 is 0 Å². The maximum Gasteiger partial charge on any atom is 0.226 e. The third-order valence-corrected chi connectivity index (χ3v) is 4.19. The van der Waals surface area contributed by atoms with Crippen molar-refractivity contribution < 1.29 is 4.79 Å². The molecule has 0 bridgehead atoms. The topological polar surface area (TPSA) is 46.9 Å². The lowest BCUT2D eigenvalue weighted by Gasteiger charge is -2.24. The van der Waals surface area contributed by atoms with Crippen LogP contribution in [0.4, 0.5) is 5.82 Å². The van der Waals surface area contributed by atoms with Gasteiger partial charge < -0.3 is 5.32 Å². The Balaban J connectivity index is 1.95. The number of hydrogen-bond acceptors (Lipinski definition) is 2. The number of aryl methyl sites for hydroxylation is 1. The summed E-state index contributed by atoms with van der Waals surface area (Å²) in [7, 11) is 1.85. The van der Waals surface area contributed by atoms with E-state index in [-0.39, 0.29) is 11.8 Å². The third kappa shape index (κ3) is 1.83. The third-order valence-electron chi connectivity index (χ3n) is 4.19. The number of nitrogens with zero attached hydrogens (tertiary/aromatic N) is 2. The molecule has 4 rings (SSSR count). The fourth-order valence-corrected chi connectivity index (χ4v) is 3.17. The van der Waals surface area contributed by atoms with Gasteiger partial charge in [-0.25, -0.2) is 0 Å². The maximum absolute atomic E-state index is 12.0. The molecule has 1 aliphatic rings. The van der Waals surface area contributed by atoms with Crippen molar-refractivity contribution in [3.05, 3.63) is 59.8 Å². The summed E-state index contributed by atoms with van der Waals surface area (Å²) in [5.74, 6) is 0.918. The molecule has 1 amide bonds. The van der Waals surface area contributed by atoms with Crippen LogP contribution in [0.3, 0.4) is 0 Å². The van der Waals surface area contributed by atoms with Crippen LogP contribution in [0.15, 0.2) is 48.7 Å². The van der Waals surface area contributed by atoms with Gasteiger partial charge in [0.2, 0.25) is 5.91 Å². The summed E-state index contributed by atoms with van der Waals surface area (Å²) >= 11 is 0. The minimum absolute atomic E-state index is 0.0454. The second-order valence-electron chi connectivity index (χ2n) is 5.45. The molecule has 21 heavy (non-hydrogen) atoms. The maximum atomic E-state index is 12.0. The average Bonchev–Trinajstić information content (AvgIpc) is 2.87. The Kier molecular flexibility index (Phi) is 2.57. The summed E-state index contributed by atoms with van der Waals surface area (Å²) < 4.78 is 1.73. The molecule has 3 aromatic rings. The number of benzene rings is 2. The van der Waals surface area contributed by atoms with E-state index in [1.54, 1.807) is 4.68 Å². The summed E-state index contributed by atoms with van der Waals surface area (Å²) in [6, 6.07) is 14.6. The fraction of sp³-hybridized carbons (Fsp3) is 0.176. The predicted molar refractivity (Wildman–Crippen MR) is 82.2 cm³/mol. The summed E-state index contributed by atoms with van der Waals surface area (Å²) in [6.45, 7) is 0. The van der Waals surface area contributed by atoms with Crippen LogP contribution >= 0.6 is 0 Å². The van der Waals surface area contributed by atoms with Crippen molar-refractivity contribution in [1.82, 2.24) is 9.78 Å².